The molecule has 0 aliphatic carbocycles. The number of nitrogens with zero attached hydrogens (tertiary/aromatic N) is 2. The van der Waals surface area contributed by atoms with Crippen LogP contribution >= 0.6 is 11.9 Å². The Kier molecular flexibility index (Phi) is 6.21. The molecule has 0 spiro atoms. The number of hydrogen-bond donors (Lipinski definition) is 0. The van der Waals surface area contributed by atoms with E-state index in [1.165, 1.54) is 6.42 Å². The van der Waals surface area contributed by atoms with E-state index in [1.54, 1.807) is 0 Å². The lowest BCUT2D eigenvalue weighted by Crippen LogP contribution is -2.47. The molecule has 1 fully saturated rings. The lowest BCUT2D eigenvalue weighted by atomic mass is 10.3. The molecule has 1 aliphatic heterocycles. The Bertz CT molecular complexity index is 406. The molecule has 110 valence electrons. The molecule has 1 aromatic rings. The lowest BCUT2D eigenvalue weighted by Gasteiger charge is -2.33. The van der Waals surface area contributed by atoms with Crippen LogP contribution in [0.4, 0.5) is 0 Å². The predicted octanol–water partition coefficient (Wildman–Crippen LogP) is 2.27. The highest BCUT2D eigenvalue weighted by atomic mass is 32.2. The molecule has 0 radical (unpaired) electrons. The lowest BCUT2D eigenvalue weighted by molar-refractivity contribution is -0.134. The summed E-state index contributed by atoms with van der Waals surface area (Å²) in [5.74, 6) is 1.98. The first kappa shape index (κ1) is 15.2. The van der Waals surface area contributed by atoms with Gasteiger partial charge in [0.1, 0.15) is 5.75 Å². The van der Waals surface area contributed by atoms with E-state index in [4.69, 9.17) is 4.74 Å². The smallest absolute Gasteiger partial charge is 0.260 e. The zero-order valence-electron chi connectivity index (χ0n) is 12.0. The van der Waals surface area contributed by atoms with Gasteiger partial charge < -0.3 is 9.64 Å². The summed E-state index contributed by atoms with van der Waals surface area (Å²) in [5.41, 5.74) is 0. The van der Waals surface area contributed by atoms with Gasteiger partial charge in [0.15, 0.2) is 6.61 Å². The molecule has 0 saturated carbocycles. The fraction of sp³-hybridized carbons (Fsp3) is 0.533. The Labute approximate surface area is 125 Å². The minimum Gasteiger partial charge on any atom is -0.484 e. The summed E-state index contributed by atoms with van der Waals surface area (Å²) >= 11 is 1.89. The third-order valence-electron chi connectivity index (χ3n) is 3.17. The van der Waals surface area contributed by atoms with Crippen LogP contribution < -0.4 is 4.74 Å². The van der Waals surface area contributed by atoms with Crippen molar-refractivity contribution in [2.75, 3.05) is 38.5 Å². The third kappa shape index (κ3) is 4.72. The van der Waals surface area contributed by atoms with Crippen LogP contribution in [0.5, 0.6) is 5.75 Å². The van der Waals surface area contributed by atoms with Gasteiger partial charge in [-0.05, 0) is 18.6 Å². The molecular weight excluding hydrogens is 272 g/mol. The van der Waals surface area contributed by atoms with E-state index in [9.17, 15) is 4.79 Å². The fourth-order valence-electron chi connectivity index (χ4n) is 2.04. The van der Waals surface area contributed by atoms with Crippen molar-refractivity contribution in [3.05, 3.63) is 30.3 Å². The normalized spacial score (nSPS) is 16.1. The van der Waals surface area contributed by atoms with Crippen molar-refractivity contribution in [1.29, 1.82) is 0 Å². The van der Waals surface area contributed by atoms with Gasteiger partial charge in [-0.2, -0.15) is 0 Å². The molecular formula is C15H22N2O2S. The highest BCUT2D eigenvalue weighted by Gasteiger charge is 2.21. The summed E-state index contributed by atoms with van der Waals surface area (Å²) in [7, 11) is 0. The molecule has 0 aromatic heterocycles. The second kappa shape index (κ2) is 8.17. The summed E-state index contributed by atoms with van der Waals surface area (Å²) in [4.78, 5) is 14.0. The zero-order chi connectivity index (χ0) is 14.2. The third-order valence-corrected chi connectivity index (χ3v) is 4.50. The monoisotopic (exact) mass is 294 g/mol. The van der Waals surface area contributed by atoms with Crippen LogP contribution in [0.15, 0.2) is 30.3 Å². The van der Waals surface area contributed by atoms with Crippen LogP contribution in [0.2, 0.25) is 0 Å². The van der Waals surface area contributed by atoms with Crippen molar-refractivity contribution in [3.63, 3.8) is 0 Å². The van der Waals surface area contributed by atoms with Gasteiger partial charge in [0.2, 0.25) is 0 Å². The first-order valence-electron chi connectivity index (χ1n) is 7.13. The Hall–Kier alpha value is -1.20. The maximum atomic E-state index is 12.1. The molecule has 1 aromatic carbocycles. The van der Waals surface area contributed by atoms with Crippen molar-refractivity contribution in [2.24, 2.45) is 0 Å². The molecule has 1 amide bonds. The SMILES string of the molecule is CCCSN1CCN(C(=O)COc2ccccc2)CC1. The number of para-hydroxylation sites is 1. The van der Waals surface area contributed by atoms with Crippen LogP contribution in [0.25, 0.3) is 0 Å². The standard InChI is InChI=1S/C15H22N2O2S/c1-2-12-20-17-10-8-16(9-11-17)15(18)13-19-14-6-4-3-5-7-14/h3-7H,2,8-13H2,1H3. The zero-order valence-corrected chi connectivity index (χ0v) is 12.8. The summed E-state index contributed by atoms with van der Waals surface area (Å²) < 4.78 is 7.86. The molecule has 20 heavy (non-hydrogen) atoms. The van der Waals surface area contributed by atoms with Gasteiger partial charge in [0, 0.05) is 31.9 Å². The molecule has 2 rings (SSSR count). The topological polar surface area (TPSA) is 32.8 Å². The van der Waals surface area contributed by atoms with Crippen molar-refractivity contribution < 1.29 is 9.53 Å². The number of piperazine rings is 1. The number of rotatable bonds is 6. The van der Waals surface area contributed by atoms with Crippen molar-refractivity contribution in [1.82, 2.24) is 9.21 Å². The van der Waals surface area contributed by atoms with E-state index >= 15 is 0 Å². The van der Waals surface area contributed by atoms with Crippen LogP contribution in [0, 0.1) is 0 Å². The first-order valence-corrected chi connectivity index (χ1v) is 8.07. The Morgan fingerprint density at radius 1 is 1.20 bits per heavy atom. The Morgan fingerprint density at radius 2 is 1.90 bits per heavy atom. The molecule has 0 bridgehead atoms. The largest absolute Gasteiger partial charge is 0.484 e. The van der Waals surface area contributed by atoms with Crippen LogP contribution in [0.1, 0.15) is 13.3 Å². The fourth-order valence-corrected chi connectivity index (χ4v) is 2.90. The molecule has 1 saturated heterocycles. The maximum absolute atomic E-state index is 12.1. The van der Waals surface area contributed by atoms with Gasteiger partial charge >= 0.3 is 0 Å². The number of benzene rings is 1. The number of carbonyl (C=O) groups excluding carboxylic acids is 1. The number of amides is 1. The molecule has 1 heterocycles. The van der Waals surface area contributed by atoms with Gasteiger partial charge in [-0.3, -0.25) is 4.79 Å². The Balaban J connectivity index is 1.69. The minimum absolute atomic E-state index is 0.0778. The van der Waals surface area contributed by atoms with E-state index in [1.807, 2.05) is 47.2 Å². The van der Waals surface area contributed by atoms with Crippen LogP contribution in [-0.4, -0.2) is 53.7 Å². The van der Waals surface area contributed by atoms with Crippen molar-refractivity contribution >= 4 is 17.9 Å². The van der Waals surface area contributed by atoms with Crippen LogP contribution in [-0.2, 0) is 4.79 Å². The number of carbonyl (C=O) groups is 1. The molecule has 4 nitrogen and oxygen atoms in total. The van der Waals surface area contributed by atoms with E-state index in [-0.39, 0.29) is 12.5 Å². The highest BCUT2D eigenvalue weighted by molar-refractivity contribution is 7.97. The highest BCUT2D eigenvalue weighted by Crippen LogP contribution is 2.15. The van der Waals surface area contributed by atoms with Gasteiger partial charge in [0.05, 0.1) is 0 Å². The average molecular weight is 294 g/mol. The van der Waals surface area contributed by atoms with E-state index in [0.29, 0.717) is 0 Å². The van der Waals surface area contributed by atoms with Gasteiger partial charge in [-0.1, -0.05) is 37.1 Å². The molecule has 0 N–H and O–H groups in total. The minimum atomic E-state index is 0.0778. The van der Waals surface area contributed by atoms with Crippen LogP contribution in [0.3, 0.4) is 0 Å². The van der Waals surface area contributed by atoms with E-state index < -0.39 is 0 Å². The second-order valence-electron chi connectivity index (χ2n) is 4.74. The van der Waals surface area contributed by atoms with Gasteiger partial charge in [-0.15, -0.1) is 0 Å². The number of hydrogen-bond acceptors (Lipinski definition) is 4. The van der Waals surface area contributed by atoms with Gasteiger partial charge in [-0.25, -0.2) is 4.31 Å². The maximum Gasteiger partial charge on any atom is 0.260 e. The summed E-state index contributed by atoms with van der Waals surface area (Å²) in [6.07, 6.45) is 1.19. The van der Waals surface area contributed by atoms with E-state index in [0.717, 1.165) is 37.7 Å². The first-order chi connectivity index (χ1) is 9.79. The molecule has 1 aliphatic rings. The summed E-state index contributed by atoms with van der Waals surface area (Å²) in [6.45, 7) is 5.81. The summed E-state index contributed by atoms with van der Waals surface area (Å²) in [5, 5.41) is 0. The van der Waals surface area contributed by atoms with Crippen molar-refractivity contribution in [3.8, 4) is 5.75 Å². The van der Waals surface area contributed by atoms with Crippen molar-refractivity contribution in [2.45, 2.75) is 13.3 Å². The molecule has 0 atom stereocenters. The Morgan fingerprint density at radius 3 is 2.55 bits per heavy atom. The van der Waals surface area contributed by atoms with Gasteiger partial charge in [0.25, 0.3) is 5.91 Å². The molecule has 0 unspecified atom stereocenters. The molecule has 5 heteroatoms. The second-order valence-corrected chi connectivity index (χ2v) is 5.93. The quantitative estimate of drug-likeness (QED) is 0.754. The average Bonchev–Trinajstić information content (AvgIpc) is 2.52. The number of ether oxygens (including phenoxy) is 1. The summed E-state index contributed by atoms with van der Waals surface area (Å²) in [6, 6.07) is 9.48. The van der Waals surface area contributed by atoms with E-state index in [2.05, 4.69) is 11.2 Å². The predicted molar refractivity (Wildman–Crippen MR) is 82.8 cm³/mol.